The van der Waals surface area contributed by atoms with Crippen LogP contribution in [0.5, 0.6) is 0 Å². The van der Waals surface area contributed by atoms with Crippen LogP contribution in [0.25, 0.3) is 0 Å². The van der Waals surface area contributed by atoms with Crippen molar-refractivity contribution in [3.05, 3.63) is 35.9 Å². The SMILES string of the molecule is CCOC(=O)CC(=O)[C@H]1C[C@H]1c1ccccc1. The average Bonchev–Trinajstić information content (AvgIpc) is 3.10. The molecule has 0 unspecified atom stereocenters. The van der Waals surface area contributed by atoms with Crippen LogP contribution >= 0.6 is 0 Å². The van der Waals surface area contributed by atoms with Gasteiger partial charge in [0.05, 0.1) is 6.61 Å². The number of Topliss-reactive ketones (excluding diaryl/α,β-unsaturated/α-hetero) is 1. The number of hydrogen-bond donors (Lipinski definition) is 0. The lowest BCUT2D eigenvalue weighted by atomic mass is 10.1. The molecule has 0 N–H and O–H groups in total. The van der Waals surface area contributed by atoms with Crippen molar-refractivity contribution in [3.8, 4) is 0 Å². The first-order valence-electron chi connectivity index (χ1n) is 5.95. The lowest BCUT2D eigenvalue weighted by molar-refractivity contribution is -0.145. The lowest BCUT2D eigenvalue weighted by Crippen LogP contribution is -2.13. The molecule has 0 aliphatic heterocycles. The van der Waals surface area contributed by atoms with Gasteiger partial charge in [-0.25, -0.2) is 0 Å². The smallest absolute Gasteiger partial charge is 0.313 e. The Kier molecular flexibility index (Phi) is 3.57. The van der Waals surface area contributed by atoms with E-state index >= 15 is 0 Å². The molecule has 1 aliphatic carbocycles. The van der Waals surface area contributed by atoms with Gasteiger partial charge in [-0.15, -0.1) is 0 Å². The third kappa shape index (κ3) is 2.93. The molecule has 0 spiro atoms. The highest BCUT2D eigenvalue weighted by atomic mass is 16.5. The Morgan fingerprint density at radius 3 is 2.65 bits per heavy atom. The van der Waals surface area contributed by atoms with Crippen molar-refractivity contribution in [3.63, 3.8) is 0 Å². The minimum Gasteiger partial charge on any atom is -0.466 e. The molecule has 0 bridgehead atoms. The van der Waals surface area contributed by atoms with Gasteiger partial charge in [-0.2, -0.15) is 0 Å². The second-order valence-electron chi connectivity index (χ2n) is 4.31. The van der Waals surface area contributed by atoms with Crippen molar-refractivity contribution in [1.29, 1.82) is 0 Å². The minimum atomic E-state index is -0.406. The summed E-state index contributed by atoms with van der Waals surface area (Å²) < 4.78 is 4.77. The maximum absolute atomic E-state index is 11.8. The summed E-state index contributed by atoms with van der Waals surface area (Å²) >= 11 is 0. The van der Waals surface area contributed by atoms with Gasteiger partial charge in [0.15, 0.2) is 0 Å². The van der Waals surface area contributed by atoms with Gasteiger partial charge < -0.3 is 4.74 Å². The van der Waals surface area contributed by atoms with Gasteiger partial charge in [0.25, 0.3) is 0 Å². The Morgan fingerprint density at radius 1 is 1.29 bits per heavy atom. The molecule has 1 aliphatic rings. The monoisotopic (exact) mass is 232 g/mol. The third-order valence-electron chi connectivity index (χ3n) is 3.06. The molecule has 0 amide bonds. The van der Waals surface area contributed by atoms with Crippen LogP contribution in [-0.4, -0.2) is 18.4 Å². The summed E-state index contributed by atoms with van der Waals surface area (Å²) in [6, 6.07) is 9.97. The molecule has 0 radical (unpaired) electrons. The van der Waals surface area contributed by atoms with E-state index in [1.54, 1.807) is 6.92 Å². The predicted molar refractivity (Wildman–Crippen MR) is 63.5 cm³/mol. The molecular weight excluding hydrogens is 216 g/mol. The first kappa shape index (κ1) is 11.8. The third-order valence-corrected chi connectivity index (χ3v) is 3.06. The van der Waals surface area contributed by atoms with Crippen molar-refractivity contribution in [2.75, 3.05) is 6.61 Å². The van der Waals surface area contributed by atoms with E-state index < -0.39 is 5.97 Å². The van der Waals surface area contributed by atoms with Crippen molar-refractivity contribution in [2.45, 2.75) is 25.7 Å². The lowest BCUT2D eigenvalue weighted by Gasteiger charge is -2.01. The van der Waals surface area contributed by atoms with Gasteiger partial charge >= 0.3 is 5.97 Å². The molecule has 90 valence electrons. The molecule has 0 saturated heterocycles. The van der Waals surface area contributed by atoms with Gasteiger partial charge in [0, 0.05) is 5.92 Å². The molecule has 17 heavy (non-hydrogen) atoms. The van der Waals surface area contributed by atoms with Crippen molar-refractivity contribution >= 4 is 11.8 Å². The van der Waals surface area contributed by atoms with Crippen LogP contribution in [0.2, 0.25) is 0 Å². The highest BCUT2D eigenvalue weighted by Crippen LogP contribution is 2.48. The molecule has 0 aromatic heterocycles. The summed E-state index contributed by atoms with van der Waals surface area (Å²) in [6.45, 7) is 2.07. The van der Waals surface area contributed by atoms with E-state index in [2.05, 4.69) is 0 Å². The number of rotatable bonds is 5. The van der Waals surface area contributed by atoms with Crippen LogP contribution in [0.3, 0.4) is 0 Å². The first-order chi connectivity index (χ1) is 8.22. The van der Waals surface area contributed by atoms with Gasteiger partial charge in [-0.1, -0.05) is 30.3 Å². The summed E-state index contributed by atoms with van der Waals surface area (Å²) in [5.74, 6) is -0.0755. The van der Waals surface area contributed by atoms with E-state index in [9.17, 15) is 9.59 Å². The molecule has 2 atom stereocenters. The van der Waals surface area contributed by atoms with E-state index in [1.165, 1.54) is 5.56 Å². The Hall–Kier alpha value is -1.64. The fraction of sp³-hybridized carbons (Fsp3) is 0.429. The maximum Gasteiger partial charge on any atom is 0.313 e. The van der Waals surface area contributed by atoms with E-state index in [0.717, 1.165) is 6.42 Å². The Labute approximate surface area is 101 Å². The summed E-state index contributed by atoms with van der Waals surface area (Å²) in [7, 11) is 0. The van der Waals surface area contributed by atoms with Gasteiger partial charge in [0.1, 0.15) is 12.2 Å². The quantitative estimate of drug-likeness (QED) is 0.578. The maximum atomic E-state index is 11.8. The second kappa shape index (κ2) is 5.13. The molecule has 1 aromatic carbocycles. The zero-order valence-corrected chi connectivity index (χ0v) is 9.89. The zero-order valence-electron chi connectivity index (χ0n) is 9.89. The van der Waals surface area contributed by atoms with E-state index in [0.29, 0.717) is 12.5 Å². The number of benzene rings is 1. The molecule has 1 saturated carbocycles. The highest BCUT2D eigenvalue weighted by Gasteiger charge is 2.43. The molecule has 1 aromatic rings. The van der Waals surface area contributed by atoms with Crippen LogP contribution in [0.15, 0.2) is 30.3 Å². The largest absolute Gasteiger partial charge is 0.466 e. The molecule has 3 nitrogen and oxygen atoms in total. The number of ketones is 1. The number of hydrogen-bond acceptors (Lipinski definition) is 3. The van der Waals surface area contributed by atoms with Crippen LogP contribution in [0.4, 0.5) is 0 Å². The predicted octanol–water partition coefficient (Wildman–Crippen LogP) is 2.31. The molecule has 2 rings (SSSR count). The summed E-state index contributed by atoms with van der Waals surface area (Å²) in [5.41, 5.74) is 1.19. The fourth-order valence-corrected chi connectivity index (χ4v) is 2.10. The van der Waals surface area contributed by atoms with Crippen molar-refractivity contribution < 1.29 is 14.3 Å². The molecule has 1 fully saturated rings. The number of carbonyl (C=O) groups excluding carboxylic acids is 2. The standard InChI is InChI=1S/C14H16O3/c1-2-17-14(16)9-13(15)12-8-11(12)10-6-4-3-5-7-10/h3-7,11-12H,2,8-9H2,1H3/t11-,12-/m0/s1. The minimum absolute atomic E-state index is 0.0114. The van der Waals surface area contributed by atoms with Gasteiger partial charge in [-0.05, 0) is 24.8 Å². The average molecular weight is 232 g/mol. The summed E-state index contributed by atoms with van der Waals surface area (Å²) in [4.78, 5) is 23.0. The first-order valence-corrected chi connectivity index (χ1v) is 5.95. The Morgan fingerprint density at radius 2 is 2.00 bits per heavy atom. The number of ether oxygens (including phenoxy) is 1. The van der Waals surface area contributed by atoms with Crippen LogP contribution in [0.1, 0.15) is 31.2 Å². The van der Waals surface area contributed by atoms with Crippen LogP contribution in [-0.2, 0) is 14.3 Å². The highest BCUT2D eigenvalue weighted by molar-refractivity contribution is 5.98. The molecule has 0 heterocycles. The second-order valence-corrected chi connectivity index (χ2v) is 4.31. The van der Waals surface area contributed by atoms with Crippen LogP contribution in [0, 0.1) is 5.92 Å². The Balaban J connectivity index is 1.87. The van der Waals surface area contributed by atoms with Gasteiger partial charge in [-0.3, -0.25) is 9.59 Å². The van der Waals surface area contributed by atoms with Crippen molar-refractivity contribution in [2.24, 2.45) is 5.92 Å². The topological polar surface area (TPSA) is 43.4 Å². The van der Waals surface area contributed by atoms with E-state index in [-0.39, 0.29) is 18.1 Å². The molecule has 3 heteroatoms. The summed E-state index contributed by atoms with van der Waals surface area (Å²) in [5, 5.41) is 0. The van der Waals surface area contributed by atoms with E-state index in [1.807, 2.05) is 30.3 Å². The number of esters is 1. The summed E-state index contributed by atoms with van der Waals surface area (Å²) in [6.07, 6.45) is 0.782. The number of carbonyl (C=O) groups is 2. The van der Waals surface area contributed by atoms with Crippen molar-refractivity contribution in [1.82, 2.24) is 0 Å². The van der Waals surface area contributed by atoms with Crippen LogP contribution < -0.4 is 0 Å². The van der Waals surface area contributed by atoms with E-state index in [4.69, 9.17) is 4.74 Å². The molecular formula is C14H16O3. The fourth-order valence-electron chi connectivity index (χ4n) is 2.10. The van der Waals surface area contributed by atoms with Gasteiger partial charge in [0.2, 0.25) is 0 Å². The Bertz CT molecular complexity index is 411. The normalized spacial score (nSPS) is 21.9. The zero-order chi connectivity index (χ0) is 12.3.